The zero-order valence-electron chi connectivity index (χ0n) is 7.79. The summed E-state index contributed by atoms with van der Waals surface area (Å²) in [6.07, 6.45) is 4.66. The molecule has 0 atom stereocenters. The molecular weight excluding hydrogens is 160 g/mol. The van der Waals surface area contributed by atoms with Gasteiger partial charge in [-0.25, -0.2) is 0 Å². The molecule has 1 aliphatic rings. The molecule has 0 spiro atoms. The van der Waals surface area contributed by atoms with Crippen LogP contribution in [0.15, 0.2) is 30.3 Å². The van der Waals surface area contributed by atoms with Crippen LogP contribution in [0.1, 0.15) is 25.7 Å². The first-order chi connectivity index (χ1) is 6.29. The SMILES string of the molecule is NC1(Nc2ccccc2)CCCC1. The number of anilines is 1. The highest BCUT2D eigenvalue weighted by Gasteiger charge is 2.28. The van der Waals surface area contributed by atoms with Crippen molar-refractivity contribution in [2.75, 3.05) is 5.32 Å². The van der Waals surface area contributed by atoms with Crippen LogP contribution in [-0.2, 0) is 0 Å². The molecule has 0 aliphatic heterocycles. The Morgan fingerprint density at radius 2 is 1.69 bits per heavy atom. The molecule has 0 aromatic heterocycles. The number of benzene rings is 1. The first-order valence-electron chi connectivity index (χ1n) is 4.91. The van der Waals surface area contributed by atoms with Gasteiger partial charge in [0.1, 0.15) is 0 Å². The van der Waals surface area contributed by atoms with Crippen LogP contribution in [0.2, 0.25) is 0 Å². The first kappa shape index (κ1) is 8.57. The van der Waals surface area contributed by atoms with Gasteiger partial charge in [0.2, 0.25) is 0 Å². The van der Waals surface area contributed by atoms with E-state index in [1.807, 2.05) is 18.2 Å². The third kappa shape index (κ3) is 2.01. The number of para-hydroxylation sites is 1. The van der Waals surface area contributed by atoms with Gasteiger partial charge >= 0.3 is 0 Å². The number of hydrogen-bond acceptors (Lipinski definition) is 2. The fraction of sp³-hybridized carbons (Fsp3) is 0.455. The highest BCUT2D eigenvalue weighted by Crippen LogP contribution is 2.28. The fourth-order valence-corrected chi connectivity index (χ4v) is 1.94. The molecule has 2 heteroatoms. The van der Waals surface area contributed by atoms with Crippen molar-refractivity contribution >= 4 is 5.69 Å². The Balaban J connectivity index is 2.05. The lowest BCUT2D eigenvalue weighted by Crippen LogP contribution is -2.44. The molecule has 70 valence electrons. The van der Waals surface area contributed by atoms with Crippen LogP contribution in [0.5, 0.6) is 0 Å². The third-order valence-corrected chi connectivity index (χ3v) is 2.66. The summed E-state index contributed by atoms with van der Waals surface area (Å²) in [6, 6.07) is 10.2. The zero-order chi connectivity index (χ0) is 9.15. The molecule has 2 rings (SSSR count). The normalized spacial score (nSPS) is 20.1. The average molecular weight is 176 g/mol. The van der Waals surface area contributed by atoms with Crippen molar-refractivity contribution in [1.29, 1.82) is 0 Å². The van der Waals surface area contributed by atoms with Crippen LogP contribution in [0.3, 0.4) is 0 Å². The van der Waals surface area contributed by atoms with Crippen LogP contribution >= 0.6 is 0 Å². The Kier molecular flexibility index (Phi) is 2.23. The van der Waals surface area contributed by atoms with Gasteiger partial charge in [0.25, 0.3) is 0 Å². The summed E-state index contributed by atoms with van der Waals surface area (Å²) in [4.78, 5) is 0. The summed E-state index contributed by atoms with van der Waals surface area (Å²) < 4.78 is 0. The molecule has 13 heavy (non-hydrogen) atoms. The lowest BCUT2D eigenvalue weighted by atomic mass is 10.1. The third-order valence-electron chi connectivity index (χ3n) is 2.66. The molecule has 0 heterocycles. The van der Waals surface area contributed by atoms with Crippen molar-refractivity contribution < 1.29 is 0 Å². The van der Waals surface area contributed by atoms with Gasteiger partial charge in [-0.1, -0.05) is 18.2 Å². The molecule has 0 saturated heterocycles. The van der Waals surface area contributed by atoms with Gasteiger partial charge in [0.05, 0.1) is 5.66 Å². The van der Waals surface area contributed by atoms with Gasteiger partial charge in [0.15, 0.2) is 0 Å². The lowest BCUT2D eigenvalue weighted by molar-refractivity contribution is 0.504. The largest absolute Gasteiger partial charge is 0.367 e. The maximum absolute atomic E-state index is 6.18. The molecule has 0 amide bonds. The molecule has 1 fully saturated rings. The Bertz CT molecular complexity index is 263. The molecule has 1 aromatic rings. The minimum Gasteiger partial charge on any atom is -0.367 e. The van der Waals surface area contributed by atoms with Crippen LogP contribution in [0.4, 0.5) is 5.69 Å². The van der Waals surface area contributed by atoms with Crippen LogP contribution in [0.25, 0.3) is 0 Å². The molecule has 0 radical (unpaired) electrons. The van der Waals surface area contributed by atoms with Gasteiger partial charge in [-0.15, -0.1) is 0 Å². The monoisotopic (exact) mass is 176 g/mol. The summed E-state index contributed by atoms with van der Waals surface area (Å²) in [7, 11) is 0. The van der Waals surface area contributed by atoms with E-state index in [2.05, 4.69) is 17.4 Å². The van der Waals surface area contributed by atoms with E-state index < -0.39 is 0 Å². The van der Waals surface area contributed by atoms with E-state index in [9.17, 15) is 0 Å². The van der Waals surface area contributed by atoms with Crippen LogP contribution in [-0.4, -0.2) is 5.66 Å². The highest BCUT2D eigenvalue weighted by molar-refractivity contribution is 5.44. The van der Waals surface area contributed by atoms with E-state index >= 15 is 0 Å². The molecule has 3 N–H and O–H groups in total. The van der Waals surface area contributed by atoms with Crippen molar-refractivity contribution in [2.24, 2.45) is 5.73 Å². The second-order valence-electron chi connectivity index (χ2n) is 3.85. The van der Waals surface area contributed by atoms with Crippen molar-refractivity contribution in [3.8, 4) is 0 Å². The molecule has 1 aliphatic carbocycles. The smallest absolute Gasteiger partial charge is 0.0856 e. The van der Waals surface area contributed by atoms with Gasteiger partial charge in [-0.05, 0) is 37.8 Å². The second kappa shape index (κ2) is 3.38. The van der Waals surface area contributed by atoms with E-state index in [4.69, 9.17) is 5.73 Å². The van der Waals surface area contributed by atoms with Crippen molar-refractivity contribution in [2.45, 2.75) is 31.3 Å². The van der Waals surface area contributed by atoms with E-state index in [-0.39, 0.29) is 5.66 Å². The average Bonchev–Trinajstić information content (AvgIpc) is 2.54. The zero-order valence-corrected chi connectivity index (χ0v) is 7.79. The minimum atomic E-state index is -0.151. The van der Waals surface area contributed by atoms with Crippen molar-refractivity contribution in [1.82, 2.24) is 0 Å². The first-order valence-corrected chi connectivity index (χ1v) is 4.91. The molecule has 2 nitrogen and oxygen atoms in total. The maximum Gasteiger partial charge on any atom is 0.0856 e. The summed E-state index contributed by atoms with van der Waals surface area (Å²) in [5, 5.41) is 3.40. The summed E-state index contributed by atoms with van der Waals surface area (Å²) >= 11 is 0. The van der Waals surface area contributed by atoms with Gasteiger partial charge in [0, 0.05) is 5.69 Å². The van der Waals surface area contributed by atoms with Gasteiger partial charge in [-0.2, -0.15) is 0 Å². The summed E-state index contributed by atoms with van der Waals surface area (Å²) in [5.74, 6) is 0. The maximum atomic E-state index is 6.18. The Morgan fingerprint density at radius 1 is 1.08 bits per heavy atom. The fourth-order valence-electron chi connectivity index (χ4n) is 1.94. The predicted molar refractivity (Wildman–Crippen MR) is 55.5 cm³/mol. The molecule has 0 bridgehead atoms. The van der Waals surface area contributed by atoms with Crippen molar-refractivity contribution in [3.63, 3.8) is 0 Å². The summed E-state index contributed by atoms with van der Waals surface area (Å²) in [6.45, 7) is 0. The Morgan fingerprint density at radius 3 is 2.31 bits per heavy atom. The predicted octanol–water partition coefficient (Wildman–Crippen LogP) is 2.33. The van der Waals surface area contributed by atoms with Gasteiger partial charge < -0.3 is 11.1 Å². The van der Waals surface area contributed by atoms with Crippen LogP contribution in [0, 0.1) is 0 Å². The number of rotatable bonds is 2. The minimum absolute atomic E-state index is 0.151. The van der Waals surface area contributed by atoms with Crippen molar-refractivity contribution in [3.05, 3.63) is 30.3 Å². The van der Waals surface area contributed by atoms with Crippen LogP contribution < -0.4 is 11.1 Å². The summed E-state index contributed by atoms with van der Waals surface area (Å²) in [5.41, 5.74) is 7.16. The molecule has 1 saturated carbocycles. The standard InChI is InChI=1S/C11H16N2/c12-11(8-4-5-9-11)13-10-6-2-1-3-7-10/h1-3,6-7,13H,4-5,8-9,12H2. The quantitative estimate of drug-likeness (QED) is 0.679. The number of nitrogens with two attached hydrogens (primary N) is 1. The lowest BCUT2D eigenvalue weighted by Gasteiger charge is -2.26. The highest BCUT2D eigenvalue weighted by atomic mass is 15.1. The van der Waals surface area contributed by atoms with E-state index in [1.165, 1.54) is 12.8 Å². The Hall–Kier alpha value is -1.02. The molecule has 0 unspecified atom stereocenters. The molecular formula is C11H16N2. The topological polar surface area (TPSA) is 38.0 Å². The number of hydrogen-bond donors (Lipinski definition) is 2. The van der Waals surface area contributed by atoms with Gasteiger partial charge in [-0.3, -0.25) is 0 Å². The van der Waals surface area contributed by atoms with E-state index in [0.717, 1.165) is 18.5 Å². The Labute approximate surface area is 79.1 Å². The molecule has 1 aromatic carbocycles. The number of nitrogens with one attached hydrogen (secondary N) is 1. The van der Waals surface area contributed by atoms with E-state index in [0.29, 0.717) is 0 Å². The van der Waals surface area contributed by atoms with E-state index in [1.54, 1.807) is 0 Å². The second-order valence-corrected chi connectivity index (χ2v) is 3.85.